The first-order valence-electron chi connectivity index (χ1n) is 13.0. The van der Waals surface area contributed by atoms with Gasteiger partial charge in [0.1, 0.15) is 5.52 Å². The fourth-order valence-electron chi connectivity index (χ4n) is 5.86. The maximum atomic E-state index is 13.6. The van der Waals surface area contributed by atoms with E-state index >= 15 is 0 Å². The highest BCUT2D eigenvalue weighted by Gasteiger charge is 2.50. The molecule has 0 spiro atoms. The number of aryl methyl sites for hydroxylation is 1. The number of nitrogens with zero attached hydrogens (tertiary/aromatic N) is 5. The number of carbonyl (C=O) groups is 1. The van der Waals surface area contributed by atoms with E-state index in [0.717, 1.165) is 66.0 Å². The second-order valence-corrected chi connectivity index (χ2v) is 10.9. The predicted molar refractivity (Wildman–Crippen MR) is 143 cm³/mol. The van der Waals surface area contributed by atoms with Crippen LogP contribution in [-0.4, -0.2) is 50.5 Å². The van der Waals surface area contributed by atoms with Gasteiger partial charge >= 0.3 is 0 Å². The zero-order valence-electron chi connectivity index (χ0n) is 21.5. The van der Waals surface area contributed by atoms with Crippen LogP contribution in [0, 0.1) is 0 Å². The Kier molecular flexibility index (Phi) is 6.39. The van der Waals surface area contributed by atoms with Crippen molar-refractivity contribution in [2.75, 3.05) is 18.0 Å². The first kappa shape index (κ1) is 24.3. The highest BCUT2D eigenvalue weighted by Crippen LogP contribution is 2.47. The monoisotopic (exact) mass is 493 g/mol. The van der Waals surface area contributed by atoms with Crippen LogP contribution < -0.4 is 4.90 Å². The van der Waals surface area contributed by atoms with Crippen molar-refractivity contribution in [3.05, 3.63) is 41.3 Å². The number of hydrogen-bond acceptors (Lipinski definition) is 4. The Bertz CT molecular complexity index is 1250. The topological polar surface area (TPSA) is 54.3 Å². The van der Waals surface area contributed by atoms with Gasteiger partial charge in [-0.15, -0.1) is 0 Å². The summed E-state index contributed by atoms with van der Waals surface area (Å²) in [6.07, 6.45) is 6.21. The molecule has 2 aliphatic rings. The quantitative estimate of drug-likeness (QED) is 0.358. The highest BCUT2D eigenvalue weighted by atomic mass is 35.5. The molecule has 0 atom stereocenters. The molecule has 1 saturated carbocycles. The second-order valence-electron chi connectivity index (χ2n) is 10.5. The minimum absolute atomic E-state index is 0.203. The van der Waals surface area contributed by atoms with Crippen molar-refractivity contribution in [2.45, 2.75) is 84.3 Å². The van der Waals surface area contributed by atoms with Gasteiger partial charge < -0.3 is 14.4 Å². The Labute approximate surface area is 213 Å². The molecule has 2 aromatic heterocycles. The highest BCUT2D eigenvalue weighted by molar-refractivity contribution is 6.33. The molecule has 3 heterocycles. The van der Waals surface area contributed by atoms with E-state index in [2.05, 4.69) is 53.8 Å². The fourth-order valence-corrected chi connectivity index (χ4v) is 6.16. The van der Waals surface area contributed by atoms with Crippen molar-refractivity contribution in [2.24, 2.45) is 0 Å². The molecule has 0 unspecified atom stereocenters. The minimum atomic E-state index is -0.527. The summed E-state index contributed by atoms with van der Waals surface area (Å²) in [4.78, 5) is 27.6. The number of hydrogen-bond donors (Lipinski definition) is 0. The second kappa shape index (κ2) is 9.21. The van der Waals surface area contributed by atoms with Gasteiger partial charge in [0.05, 0.1) is 23.0 Å². The fraction of sp³-hybridized carbons (Fsp3) is 0.536. The summed E-state index contributed by atoms with van der Waals surface area (Å²) in [5.41, 5.74) is 5.04. The molecule has 186 valence electrons. The molecule has 7 heteroatoms. The van der Waals surface area contributed by atoms with Crippen LogP contribution in [0.5, 0.6) is 0 Å². The number of fused-ring (bicyclic) bond motifs is 2. The van der Waals surface area contributed by atoms with E-state index in [9.17, 15) is 4.79 Å². The Morgan fingerprint density at radius 1 is 1.11 bits per heavy atom. The summed E-state index contributed by atoms with van der Waals surface area (Å²) >= 11 is 6.59. The van der Waals surface area contributed by atoms with Crippen LogP contribution in [-0.2, 0) is 16.8 Å². The van der Waals surface area contributed by atoms with Crippen molar-refractivity contribution < 1.29 is 4.79 Å². The molecule has 6 nitrogen and oxygen atoms in total. The van der Waals surface area contributed by atoms with Crippen molar-refractivity contribution in [1.29, 1.82) is 0 Å². The molecule has 0 saturated heterocycles. The normalized spacial score (nSPS) is 21.1. The van der Waals surface area contributed by atoms with Gasteiger partial charge in [0.25, 0.3) is 0 Å². The Hall–Kier alpha value is -2.44. The molecule has 1 aliphatic carbocycles. The van der Waals surface area contributed by atoms with E-state index < -0.39 is 5.41 Å². The van der Waals surface area contributed by atoms with Gasteiger partial charge in [-0.05, 0) is 77.2 Å². The van der Waals surface area contributed by atoms with Crippen LogP contribution in [0.15, 0.2) is 30.6 Å². The standard InChI is InChI=1S/C28H36ClN5O/c1-6-11-33(12-7-2)19-14-20(15-19)34-24-13-18(9-10-21(24)28(4,5)27(34)35)22-16-23-25(26(29)31-22)32(8-3)17-30-23/h9-10,13,16-17,19-20H,6-8,11-12,14-15H2,1-5H3/t19-,20+. The third kappa shape index (κ3) is 3.95. The van der Waals surface area contributed by atoms with Crippen molar-refractivity contribution in [3.63, 3.8) is 0 Å². The van der Waals surface area contributed by atoms with Gasteiger partial charge in [0.15, 0.2) is 5.15 Å². The molecule has 1 fully saturated rings. The lowest BCUT2D eigenvalue weighted by Gasteiger charge is -2.47. The van der Waals surface area contributed by atoms with Gasteiger partial charge in [0.2, 0.25) is 5.91 Å². The molecule has 0 radical (unpaired) electrons. The van der Waals surface area contributed by atoms with Crippen molar-refractivity contribution in [3.8, 4) is 11.3 Å². The molecular formula is C28H36ClN5O. The van der Waals surface area contributed by atoms with Crippen LogP contribution in [0.25, 0.3) is 22.3 Å². The van der Waals surface area contributed by atoms with Gasteiger partial charge in [-0.2, -0.15) is 0 Å². The largest absolute Gasteiger partial charge is 0.328 e. The van der Waals surface area contributed by atoms with Crippen LogP contribution in [0.3, 0.4) is 0 Å². The van der Waals surface area contributed by atoms with Gasteiger partial charge in [-0.3, -0.25) is 4.79 Å². The third-order valence-electron chi connectivity index (χ3n) is 7.87. The number of imidazole rings is 1. The lowest BCUT2D eigenvalue weighted by atomic mass is 9.83. The number of rotatable bonds is 8. The van der Waals surface area contributed by atoms with Crippen molar-refractivity contribution >= 4 is 34.2 Å². The first-order chi connectivity index (χ1) is 16.8. The van der Waals surface area contributed by atoms with Crippen LogP contribution in [0.2, 0.25) is 5.15 Å². The smallest absolute Gasteiger partial charge is 0.237 e. The van der Waals surface area contributed by atoms with E-state index in [1.807, 2.05) is 24.5 Å². The molecule has 3 aromatic rings. The van der Waals surface area contributed by atoms with E-state index in [1.54, 1.807) is 6.33 Å². The molecule has 1 aromatic carbocycles. The lowest BCUT2D eigenvalue weighted by Crippen LogP contribution is -2.56. The summed E-state index contributed by atoms with van der Waals surface area (Å²) in [6, 6.07) is 9.11. The number of benzene rings is 1. The average Bonchev–Trinajstić information content (AvgIpc) is 3.31. The molecule has 5 rings (SSSR count). The zero-order chi connectivity index (χ0) is 24.9. The maximum Gasteiger partial charge on any atom is 0.237 e. The Morgan fingerprint density at radius 2 is 1.83 bits per heavy atom. The number of halogens is 1. The zero-order valence-corrected chi connectivity index (χ0v) is 22.3. The van der Waals surface area contributed by atoms with Gasteiger partial charge in [-0.1, -0.05) is 37.6 Å². The van der Waals surface area contributed by atoms with E-state index in [4.69, 9.17) is 16.6 Å². The van der Waals surface area contributed by atoms with Crippen LogP contribution >= 0.6 is 11.6 Å². The summed E-state index contributed by atoms with van der Waals surface area (Å²) in [6.45, 7) is 13.7. The molecule has 35 heavy (non-hydrogen) atoms. The minimum Gasteiger partial charge on any atom is -0.328 e. The summed E-state index contributed by atoms with van der Waals surface area (Å²) in [7, 11) is 0. The number of anilines is 1. The number of carbonyl (C=O) groups excluding carboxylic acids is 1. The van der Waals surface area contributed by atoms with Crippen LogP contribution in [0.4, 0.5) is 5.69 Å². The van der Waals surface area contributed by atoms with Crippen LogP contribution in [0.1, 0.15) is 65.9 Å². The van der Waals surface area contributed by atoms with Gasteiger partial charge in [0, 0.05) is 29.9 Å². The SMILES string of the molecule is CCCN(CCC)[C@H]1C[C@@H](N2C(=O)C(C)(C)c3ccc(-c4cc5ncn(CC)c5c(Cl)n4)cc32)C1. The maximum absolute atomic E-state index is 13.6. The van der Waals surface area contributed by atoms with Gasteiger partial charge in [-0.25, -0.2) is 9.97 Å². The Balaban J connectivity index is 1.48. The number of aromatic nitrogens is 3. The van der Waals surface area contributed by atoms with E-state index in [-0.39, 0.29) is 11.9 Å². The molecular weight excluding hydrogens is 458 g/mol. The third-order valence-corrected chi connectivity index (χ3v) is 8.13. The summed E-state index contributed by atoms with van der Waals surface area (Å²) in [5.74, 6) is 0.203. The van der Waals surface area contributed by atoms with Crippen molar-refractivity contribution in [1.82, 2.24) is 19.4 Å². The predicted octanol–water partition coefficient (Wildman–Crippen LogP) is 6.05. The average molecular weight is 494 g/mol. The summed E-state index contributed by atoms with van der Waals surface area (Å²) < 4.78 is 2.01. The first-order valence-corrected chi connectivity index (χ1v) is 13.4. The summed E-state index contributed by atoms with van der Waals surface area (Å²) in [5, 5.41) is 0.458. The molecule has 0 bridgehead atoms. The van der Waals surface area contributed by atoms with E-state index in [1.165, 1.54) is 12.8 Å². The number of amides is 1. The molecule has 1 aliphatic heterocycles. The molecule has 0 N–H and O–H groups in total. The molecule has 1 amide bonds. The lowest BCUT2D eigenvalue weighted by molar-refractivity contribution is -0.123. The van der Waals surface area contributed by atoms with E-state index in [0.29, 0.717) is 11.2 Å². The Morgan fingerprint density at radius 3 is 2.49 bits per heavy atom. The number of pyridine rings is 1.